The molecule has 1 saturated heterocycles. The van der Waals surface area contributed by atoms with E-state index in [0.717, 1.165) is 11.8 Å². The molecule has 2 unspecified atom stereocenters. The first-order chi connectivity index (χ1) is 7.45. The highest BCUT2D eigenvalue weighted by molar-refractivity contribution is 4.90. The summed E-state index contributed by atoms with van der Waals surface area (Å²) >= 11 is 0. The van der Waals surface area contributed by atoms with E-state index in [1.807, 2.05) is 0 Å². The average molecular weight is 208 g/mol. The first-order valence-corrected chi connectivity index (χ1v) is 6.51. The lowest BCUT2D eigenvalue weighted by atomic mass is 9.94. The van der Waals surface area contributed by atoms with Crippen LogP contribution in [0.25, 0.3) is 0 Å². The molecule has 86 valence electrons. The molecule has 0 radical (unpaired) electrons. The standard InChI is InChI=1S/C13H24N2/c1-2-5-12(6-3-1)9-15-11-13-7-4-8-14-10-13/h1-2,12-15H,3-11H2. The molecule has 2 nitrogen and oxygen atoms in total. The first kappa shape index (κ1) is 11.2. The summed E-state index contributed by atoms with van der Waals surface area (Å²) in [5, 5.41) is 7.12. The highest BCUT2D eigenvalue weighted by Gasteiger charge is 2.14. The Bertz CT molecular complexity index is 195. The Morgan fingerprint density at radius 2 is 2.07 bits per heavy atom. The van der Waals surface area contributed by atoms with E-state index in [1.165, 1.54) is 58.3 Å². The van der Waals surface area contributed by atoms with Gasteiger partial charge in [-0.25, -0.2) is 0 Å². The van der Waals surface area contributed by atoms with E-state index in [2.05, 4.69) is 22.8 Å². The summed E-state index contributed by atoms with van der Waals surface area (Å²) in [6.07, 6.45) is 11.4. The van der Waals surface area contributed by atoms with Crippen LogP contribution in [-0.4, -0.2) is 26.2 Å². The number of allylic oxidation sites excluding steroid dienone is 2. The van der Waals surface area contributed by atoms with Gasteiger partial charge in [0.05, 0.1) is 0 Å². The second-order valence-corrected chi connectivity index (χ2v) is 5.02. The van der Waals surface area contributed by atoms with Crippen molar-refractivity contribution < 1.29 is 0 Å². The first-order valence-electron chi connectivity index (χ1n) is 6.51. The third-order valence-corrected chi connectivity index (χ3v) is 3.64. The molecule has 15 heavy (non-hydrogen) atoms. The summed E-state index contributed by atoms with van der Waals surface area (Å²) in [6, 6.07) is 0. The fourth-order valence-corrected chi connectivity index (χ4v) is 2.63. The van der Waals surface area contributed by atoms with Crippen LogP contribution in [0.15, 0.2) is 12.2 Å². The minimum absolute atomic E-state index is 0.873. The van der Waals surface area contributed by atoms with Gasteiger partial charge in [-0.15, -0.1) is 0 Å². The highest BCUT2D eigenvalue weighted by atomic mass is 14.9. The maximum Gasteiger partial charge on any atom is -0.000825 e. The van der Waals surface area contributed by atoms with Gasteiger partial charge >= 0.3 is 0 Å². The summed E-state index contributed by atoms with van der Waals surface area (Å²) in [7, 11) is 0. The molecule has 1 aliphatic heterocycles. The van der Waals surface area contributed by atoms with E-state index in [1.54, 1.807) is 0 Å². The van der Waals surface area contributed by atoms with Crippen LogP contribution >= 0.6 is 0 Å². The molecule has 1 fully saturated rings. The van der Waals surface area contributed by atoms with Gasteiger partial charge in [-0.1, -0.05) is 12.2 Å². The maximum absolute atomic E-state index is 3.65. The molecule has 1 aliphatic carbocycles. The predicted molar refractivity (Wildman–Crippen MR) is 64.9 cm³/mol. The van der Waals surface area contributed by atoms with Gasteiger partial charge in [-0.05, 0) is 70.1 Å². The van der Waals surface area contributed by atoms with Crippen LogP contribution < -0.4 is 10.6 Å². The quantitative estimate of drug-likeness (QED) is 0.690. The summed E-state index contributed by atoms with van der Waals surface area (Å²) < 4.78 is 0. The van der Waals surface area contributed by atoms with Gasteiger partial charge in [0.1, 0.15) is 0 Å². The molecule has 0 spiro atoms. The molecule has 0 aromatic heterocycles. The van der Waals surface area contributed by atoms with Crippen molar-refractivity contribution >= 4 is 0 Å². The molecular formula is C13H24N2. The Labute approximate surface area is 93.5 Å². The highest BCUT2D eigenvalue weighted by Crippen LogP contribution is 2.17. The van der Waals surface area contributed by atoms with Gasteiger partial charge in [-0.3, -0.25) is 0 Å². The SMILES string of the molecule is C1=CCC(CNCC2CCCNC2)CC1. The average Bonchev–Trinajstić information content (AvgIpc) is 2.32. The second-order valence-electron chi connectivity index (χ2n) is 5.02. The van der Waals surface area contributed by atoms with E-state index in [9.17, 15) is 0 Å². The number of nitrogens with one attached hydrogen (secondary N) is 2. The monoisotopic (exact) mass is 208 g/mol. The fourth-order valence-electron chi connectivity index (χ4n) is 2.63. The van der Waals surface area contributed by atoms with Crippen molar-refractivity contribution in [3.8, 4) is 0 Å². The van der Waals surface area contributed by atoms with Crippen molar-refractivity contribution in [1.29, 1.82) is 0 Å². The second kappa shape index (κ2) is 6.29. The number of hydrogen-bond donors (Lipinski definition) is 2. The Kier molecular flexibility index (Phi) is 4.68. The Morgan fingerprint density at radius 3 is 2.80 bits per heavy atom. The summed E-state index contributed by atoms with van der Waals surface area (Å²) in [4.78, 5) is 0. The number of piperidine rings is 1. The van der Waals surface area contributed by atoms with Crippen LogP contribution in [0.1, 0.15) is 32.1 Å². The van der Waals surface area contributed by atoms with E-state index in [0.29, 0.717) is 0 Å². The zero-order valence-electron chi connectivity index (χ0n) is 9.67. The van der Waals surface area contributed by atoms with Crippen LogP contribution in [0.3, 0.4) is 0 Å². The molecule has 2 rings (SSSR count). The molecule has 2 heteroatoms. The molecule has 2 aliphatic rings. The molecule has 0 amide bonds. The lowest BCUT2D eigenvalue weighted by Crippen LogP contribution is -2.37. The van der Waals surface area contributed by atoms with Gasteiger partial charge in [0, 0.05) is 0 Å². The van der Waals surface area contributed by atoms with Gasteiger partial charge < -0.3 is 10.6 Å². The predicted octanol–water partition coefficient (Wildman–Crippen LogP) is 1.93. The summed E-state index contributed by atoms with van der Waals surface area (Å²) in [5.41, 5.74) is 0. The van der Waals surface area contributed by atoms with Crippen molar-refractivity contribution in [2.24, 2.45) is 11.8 Å². The van der Waals surface area contributed by atoms with Crippen LogP contribution in [0.4, 0.5) is 0 Å². The van der Waals surface area contributed by atoms with E-state index in [-0.39, 0.29) is 0 Å². The third kappa shape index (κ3) is 3.96. The Balaban J connectivity index is 1.55. The molecule has 0 aromatic rings. The molecule has 1 heterocycles. The molecule has 2 N–H and O–H groups in total. The van der Waals surface area contributed by atoms with Crippen molar-refractivity contribution in [1.82, 2.24) is 10.6 Å². The molecule has 0 bridgehead atoms. The Hall–Kier alpha value is -0.340. The van der Waals surface area contributed by atoms with E-state index >= 15 is 0 Å². The number of hydrogen-bond acceptors (Lipinski definition) is 2. The maximum atomic E-state index is 3.65. The summed E-state index contributed by atoms with van der Waals surface area (Å²) in [6.45, 7) is 4.88. The molecule has 0 saturated carbocycles. The van der Waals surface area contributed by atoms with Crippen molar-refractivity contribution in [2.75, 3.05) is 26.2 Å². The van der Waals surface area contributed by atoms with E-state index in [4.69, 9.17) is 0 Å². The molecular weight excluding hydrogens is 184 g/mol. The van der Waals surface area contributed by atoms with Crippen molar-refractivity contribution in [3.63, 3.8) is 0 Å². The number of rotatable bonds is 4. The van der Waals surface area contributed by atoms with Crippen molar-refractivity contribution in [3.05, 3.63) is 12.2 Å². The van der Waals surface area contributed by atoms with Crippen LogP contribution in [0.5, 0.6) is 0 Å². The lowest BCUT2D eigenvalue weighted by molar-refractivity contribution is 0.343. The van der Waals surface area contributed by atoms with E-state index < -0.39 is 0 Å². The zero-order chi connectivity index (χ0) is 10.3. The lowest BCUT2D eigenvalue weighted by Gasteiger charge is -2.24. The van der Waals surface area contributed by atoms with Gasteiger partial charge in [0.15, 0.2) is 0 Å². The van der Waals surface area contributed by atoms with Gasteiger partial charge in [0.2, 0.25) is 0 Å². The van der Waals surface area contributed by atoms with Crippen LogP contribution in [0, 0.1) is 11.8 Å². The van der Waals surface area contributed by atoms with Crippen LogP contribution in [0.2, 0.25) is 0 Å². The Morgan fingerprint density at radius 1 is 1.13 bits per heavy atom. The fraction of sp³-hybridized carbons (Fsp3) is 0.846. The normalized spacial score (nSPS) is 31.7. The zero-order valence-corrected chi connectivity index (χ0v) is 9.67. The largest absolute Gasteiger partial charge is 0.316 e. The minimum atomic E-state index is 0.873. The molecule has 0 aromatic carbocycles. The van der Waals surface area contributed by atoms with Gasteiger partial charge in [-0.2, -0.15) is 0 Å². The smallest absolute Gasteiger partial charge is 0.000825 e. The molecule has 2 atom stereocenters. The van der Waals surface area contributed by atoms with Crippen LogP contribution in [-0.2, 0) is 0 Å². The summed E-state index contributed by atoms with van der Waals surface area (Å²) in [5.74, 6) is 1.77. The van der Waals surface area contributed by atoms with Crippen molar-refractivity contribution in [2.45, 2.75) is 32.1 Å². The topological polar surface area (TPSA) is 24.1 Å². The third-order valence-electron chi connectivity index (χ3n) is 3.64. The minimum Gasteiger partial charge on any atom is -0.316 e. The van der Waals surface area contributed by atoms with Gasteiger partial charge in [0.25, 0.3) is 0 Å².